The molecule has 20 heteroatoms. The number of nitrogens with one attached hydrogen (secondary N) is 4. The van der Waals surface area contributed by atoms with Gasteiger partial charge in [0.05, 0.1) is 12.8 Å². The third kappa shape index (κ3) is 11.7. The summed E-state index contributed by atoms with van der Waals surface area (Å²) in [5.41, 5.74) is 1.92. The average molecular weight is 849 g/mol. The summed E-state index contributed by atoms with van der Waals surface area (Å²) >= 11 is 0. The molecule has 12 N–H and O–H groups in total. The lowest BCUT2D eigenvalue weighted by molar-refractivity contribution is -0.140. The minimum atomic E-state index is -1.18. The number of aliphatic carboxylic acids is 8. The van der Waals surface area contributed by atoms with Gasteiger partial charge in [-0.2, -0.15) is 0 Å². The van der Waals surface area contributed by atoms with Crippen molar-refractivity contribution in [2.75, 3.05) is 0 Å². The molecular formula is C40H56N4O16. The first-order valence-electron chi connectivity index (χ1n) is 20.5. The van der Waals surface area contributed by atoms with Crippen LogP contribution in [0.3, 0.4) is 0 Å². The van der Waals surface area contributed by atoms with Crippen LogP contribution in [0.2, 0.25) is 0 Å². The normalized spacial score (nSPS) is 32.5. The lowest BCUT2D eigenvalue weighted by Gasteiger charge is -2.29. The number of hydrogen-bond acceptors (Lipinski definition) is 12. The Morgan fingerprint density at radius 1 is 0.367 bits per heavy atom. The molecular weight excluding hydrogens is 792 g/mol. The highest BCUT2D eigenvalue weighted by atomic mass is 16.4. The van der Waals surface area contributed by atoms with Gasteiger partial charge in [-0.1, -0.05) is 11.1 Å². The standard InChI is InChI=1S/C40H56N4O16/c45-33(46)5-1-17-21(9-37(53)54)29-14-26-19(3-7-35(49)50)23(11-39(57)58)31(43-26)16-28-20(4-8-36(51)52)24(12-40(59)60)32(44-28)15-27-18(2-6-34(47)48)22(10-38(55)56)30(42-27)13-25(17)41-29/h17,20-21,24-32,41-44H,1-16H2,(H,45,46)(H,47,48)(H,49,50)(H,51,52)(H,53,54)(H,55,56)(H,57,58)(H,59,60). The van der Waals surface area contributed by atoms with Gasteiger partial charge in [0.2, 0.25) is 0 Å². The van der Waals surface area contributed by atoms with Crippen LogP contribution in [0.4, 0.5) is 0 Å². The van der Waals surface area contributed by atoms with Crippen molar-refractivity contribution in [3.63, 3.8) is 0 Å². The number of carboxylic acids is 8. The van der Waals surface area contributed by atoms with Gasteiger partial charge < -0.3 is 62.1 Å². The Morgan fingerprint density at radius 2 is 0.667 bits per heavy atom. The van der Waals surface area contributed by atoms with Crippen molar-refractivity contribution in [3.05, 3.63) is 22.3 Å². The zero-order valence-corrected chi connectivity index (χ0v) is 33.1. The van der Waals surface area contributed by atoms with Crippen molar-refractivity contribution < 1.29 is 79.2 Å². The second kappa shape index (κ2) is 20.1. The number of fused-ring (bicyclic) bond motifs is 8. The fourth-order valence-corrected chi connectivity index (χ4v) is 11.2. The Morgan fingerprint density at radius 3 is 0.950 bits per heavy atom. The minimum Gasteiger partial charge on any atom is -0.481 e. The van der Waals surface area contributed by atoms with Crippen LogP contribution in [0.25, 0.3) is 0 Å². The van der Waals surface area contributed by atoms with Crippen molar-refractivity contribution >= 4 is 47.8 Å². The third-order valence-corrected chi connectivity index (χ3v) is 13.4. The summed E-state index contributed by atoms with van der Waals surface area (Å²) in [6, 6.07) is -5.11. The lowest BCUT2D eigenvalue weighted by Crippen LogP contribution is -2.46. The molecule has 5 heterocycles. The molecule has 0 spiro atoms. The van der Waals surface area contributed by atoms with Gasteiger partial charge in [-0.3, -0.25) is 38.4 Å². The van der Waals surface area contributed by atoms with Crippen LogP contribution in [0.5, 0.6) is 0 Å². The molecule has 5 aliphatic heterocycles. The molecule has 0 amide bonds. The summed E-state index contributed by atoms with van der Waals surface area (Å²) in [5, 5.41) is 93.6. The summed E-state index contributed by atoms with van der Waals surface area (Å²) in [5.74, 6) is -11.5. The van der Waals surface area contributed by atoms with Gasteiger partial charge >= 0.3 is 47.8 Å². The van der Waals surface area contributed by atoms with E-state index in [0.717, 1.165) is 0 Å². The van der Waals surface area contributed by atoms with Gasteiger partial charge in [-0.05, 0) is 86.2 Å². The molecule has 12 unspecified atom stereocenters. The molecule has 8 bridgehead atoms. The maximum Gasteiger partial charge on any atom is 0.307 e. The summed E-state index contributed by atoms with van der Waals surface area (Å²) < 4.78 is 0. The SMILES string of the molecule is O=C(O)CCC1=C(CC(=O)O)C2CC3NC(CC4NC(CC5NC(CC1N2)C(CC(=O)O)C5CCC(=O)O)C(CC(=O)O)=C4CCC(=O)O)C(CC(=O)O)C3CCC(=O)O. The summed E-state index contributed by atoms with van der Waals surface area (Å²) in [4.78, 5) is 97.4. The van der Waals surface area contributed by atoms with Gasteiger partial charge in [-0.25, -0.2) is 0 Å². The van der Waals surface area contributed by atoms with Crippen LogP contribution in [0, 0.1) is 23.7 Å². The highest BCUT2D eigenvalue weighted by Crippen LogP contribution is 2.45. The largest absolute Gasteiger partial charge is 0.481 e. The van der Waals surface area contributed by atoms with E-state index >= 15 is 0 Å². The molecule has 12 atom stereocenters. The number of rotatable bonds is 20. The fraction of sp³-hybridized carbons (Fsp3) is 0.700. The summed E-state index contributed by atoms with van der Waals surface area (Å²) in [6.07, 6.45) is -2.25. The van der Waals surface area contributed by atoms with Crippen molar-refractivity contribution in [1.82, 2.24) is 21.3 Å². The lowest BCUT2D eigenvalue weighted by atomic mass is 9.77. The van der Waals surface area contributed by atoms with E-state index < -0.39 is 133 Å². The molecule has 5 aliphatic rings. The molecule has 0 radical (unpaired) electrons. The minimum absolute atomic E-state index is 0.0325. The molecule has 3 saturated heterocycles. The van der Waals surface area contributed by atoms with Crippen LogP contribution in [-0.4, -0.2) is 137 Å². The Kier molecular flexibility index (Phi) is 15.5. The first-order valence-corrected chi connectivity index (χ1v) is 20.5. The van der Waals surface area contributed by atoms with Crippen molar-refractivity contribution in [2.24, 2.45) is 23.7 Å². The van der Waals surface area contributed by atoms with E-state index in [1.54, 1.807) is 0 Å². The molecule has 3 fully saturated rings. The first-order chi connectivity index (χ1) is 28.3. The molecule has 0 saturated carbocycles. The van der Waals surface area contributed by atoms with Gasteiger partial charge in [0.1, 0.15) is 0 Å². The Labute approximate surface area is 344 Å². The number of carboxylic acid groups (broad SMARTS) is 8. The monoisotopic (exact) mass is 848 g/mol. The highest BCUT2D eigenvalue weighted by molar-refractivity contribution is 5.73. The van der Waals surface area contributed by atoms with Crippen LogP contribution in [-0.2, 0) is 38.4 Å². The second-order valence-corrected chi connectivity index (χ2v) is 17.0. The van der Waals surface area contributed by atoms with Crippen molar-refractivity contribution in [2.45, 2.75) is 151 Å². The van der Waals surface area contributed by atoms with Crippen LogP contribution in [0.1, 0.15) is 103 Å². The molecule has 0 aromatic heterocycles. The van der Waals surface area contributed by atoms with E-state index in [1.165, 1.54) is 0 Å². The van der Waals surface area contributed by atoms with E-state index in [0.29, 0.717) is 22.3 Å². The third-order valence-electron chi connectivity index (χ3n) is 13.4. The van der Waals surface area contributed by atoms with Crippen LogP contribution < -0.4 is 21.3 Å². The second-order valence-electron chi connectivity index (χ2n) is 17.0. The van der Waals surface area contributed by atoms with E-state index in [9.17, 15) is 79.2 Å². The molecule has 0 aromatic rings. The average Bonchev–Trinajstić information content (AvgIpc) is 3.81. The predicted octanol–water partition coefficient (Wildman–Crippen LogP) is 1.34. The van der Waals surface area contributed by atoms with E-state index in [2.05, 4.69) is 21.3 Å². The first kappa shape index (κ1) is 46.2. The maximum atomic E-state index is 12.4. The van der Waals surface area contributed by atoms with Crippen LogP contribution >= 0.6 is 0 Å². The zero-order valence-electron chi connectivity index (χ0n) is 33.1. The van der Waals surface area contributed by atoms with Crippen molar-refractivity contribution in [3.8, 4) is 0 Å². The van der Waals surface area contributed by atoms with E-state index in [1.807, 2.05) is 0 Å². The molecule has 332 valence electrons. The Hall–Kier alpha value is -4.92. The van der Waals surface area contributed by atoms with Gasteiger partial charge in [0.25, 0.3) is 0 Å². The van der Waals surface area contributed by atoms with Gasteiger partial charge in [-0.15, -0.1) is 0 Å². The molecule has 0 aromatic carbocycles. The number of hydrogen-bond donors (Lipinski definition) is 12. The van der Waals surface area contributed by atoms with E-state index in [-0.39, 0.29) is 89.9 Å². The predicted molar refractivity (Wildman–Crippen MR) is 206 cm³/mol. The maximum absolute atomic E-state index is 12.4. The number of carbonyl (C=O) groups is 8. The zero-order chi connectivity index (χ0) is 44.0. The van der Waals surface area contributed by atoms with E-state index in [4.69, 9.17) is 0 Å². The Bertz CT molecular complexity index is 1650. The van der Waals surface area contributed by atoms with Crippen molar-refractivity contribution in [1.29, 1.82) is 0 Å². The summed E-state index contributed by atoms with van der Waals surface area (Å²) in [7, 11) is 0. The highest BCUT2D eigenvalue weighted by Gasteiger charge is 2.51. The van der Waals surface area contributed by atoms with Gasteiger partial charge in [0.15, 0.2) is 0 Å². The molecule has 60 heavy (non-hydrogen) atoms. The van der Waals surface area contributed by atoms with Crippen LogP contribution in [0.15, 0.2) is 22.3 Å². The molecule has 20 nitrogen and oxygen atoms in total. The fourth-order valence-electron chi connectivity index (χ4n) is 11.2. The molecule has 5 rings (SSSR count). The Balaban J connectivity index is 1.69. The summed E-state index contributed by atoms with van der Waals surface area (Å²) in [6.45, 7) is 0. The topological polar surface area (TPSA) is 347 Å². The van der Waals surface area contributed by atoms with Gasteiger partial charge in [0, 0.05) is 86.9 Å². The molecule has 0 aliphatic carbocycles. The quantitative estimate of drug-likeness (QED) is 0.0769. The smallest absolute Gasteiger partial charge is 0.307 e.